The Bertz CT molecular complexity index is 674. The number of pyridine rings is 1. The number of hydrogen-bond acceptors (Lipinski definition) is 3. The Balaban J connectivity index is 1.89. The molecule has 1 aromatic heterocycles. The number of fused-ring (bicyclic) bond motifs is 1. The Labute approximate surface area is 124 Å². The molecule has 1 amide bonds. The van der Waals surface area contributed by atoms with Crippen molar-refractivity contribution in [2.75, 3.05) is 11.9 Å². The van der Waals surface area contributed by atoms with E-state index in [1.165, 1.54) is 0 Å². The van der Waals surface area contributed by atoms with Gasteiger partial charge in [-0.15, -0.1) is 0 Å². The van der Waals surface area contributed by atoms with Crippen molar-refractivity contribution in [2.45, 2.75) is 26.8 Å². The molecule has 0 unspecified atom stereocenters. The zero-order valence-electron chi connectivity index (χ0n) is 12.4. The minimum absolute atomic E-state index is 0.0775. The van der Waals surface area contributed by atoms with Crippen molar-refractivity contribution in [3.05, 3.63) is 58.4 Å². The van der Waals surface area contributed by atoms with Crippen molar-refractivity contribution in [1.82, 2.24) is 10.3 Å². The standard InChI is InChI=1S/C17H19N3O/c1-11-5-12(2)7-14(6-11)20-17(21)16-10-19-9-13-8-18-4-3-15(13)16/h5-7,9-10,18H,3-4,8H2,1-2H3,(H,20,21). The number of aryl methyl sites for hydroxylation is 2. The number of benzene rings is 1. The van der Waals surface area contributed by atoms with Crippen LogP contribution in [0, 0.1) is 13.8 Å². The molecular weight excluding hydrogens is 262 g/mol. The Morgan fingerprint density at radius 1 is 1.19 bits per heavy atom. The van der Waals surface area contributed by atoms with Gasteiger partial charge >= 0.3 is 0 Å². The number of nitrogens with one attached hydrogen (secondary N) is 2. The molecule has 1 aliphatic rings. The predicted molar refractivity (Wildman–Crippen MR) is 83.5 cm³/mol. The van der Waals surface area contributed by atoms with Gasteiger partial charge in [0.25, 0.3) is 5.91 Å². The lowest BCUT2D eigenvalue weighted by atomic mass is 9.98. The third kappa shape index (κ3) is 2.95. The second-order valence-electron chi connectivity index (χ2n) is 5.58. The molecule has 2 aromatic rings. The van der Waals surface area contributed by atoms with Crippen molar-refractivity contribution in [1.29, 1.82) is 0 Å². The van der Waals surface area contributed by atoms with Crippen LogP contribution in [0.2, 0.25) is 0 Å². The van der Waals surface area contributed by atoms with E-state index < -0.39 is 0 Å². The van der Waals surface area contributed by atoms with Gasteiger partial charge in [-0.25, -0.2) is 0 Å². The van der Waals surface area contributed by atoms with Crippen LogP contribution in [-0.2, 0) is 13.0 Å². The van der Waals surface area contributed by atoms with E-state index in [4.69, 9.17) is 0 Å². The van der Waals surface area contributed by atoms with Gasteiger partial charge in [0.05, 0.1) is 5.56 Å². The first-order valence-corrected chi connectivity index (χ1v) is 7.19. The predicted octanol–water partition coefficient (Wildman–Crippen LogP) is 2.60. The molecule has 0 saturated heterocycles. The Kier molecular flexibility index (Phi) is 3.71. The van der Waals surface area contributed by atoms with Gasteiger partial charge in [-0.3, -0.25) is 9.78 Å². The van der Waals surface area contributed by atoms with E-state index in [0.717, 1.165) is 47.5 Å². The third-order valence-electron chi connectivity index (χ3n) is 3.74. The average molecular weight is 281 g/mol. The molecule has 0 saturated carbocycles. The molecule has 3 rings (SSSR count). The summed E-state index contributed by atoms with van der Waals surface area (Å²) >= 11 is 0. The van der Waals surface area contributed by atoms with Gasteiger partial charge in [0.1, 0.15) is 0 Å². The summed E-state index contributed by atoms with van der Waals surface area (Å²) in [6.45, 7) is 5.74. The smallest absolute Gasteiger partial charge is 0.257 e. The van der Waals surface area contributed by atoms with Crippen LogP contribution in [0.5, 0.6) is 0 Å². The number of rotatable bonds is 2. The second kappa shape index (κ2) is 5.66. The van der Waals surface area contributed by atoms with Gasteiger partial charge in [-0.2, -0.15) is 0 Å². The van der Waals surface area contributed by atoms with Crippen LogP contribution < -0.4 is 10.6 Å². The fourth-order valence-corrected chi connectivity index (χ4v) is 2.86. The highest BCUT2D eigenvalue weighted by Gasteiger charge is 2.18. The van der Waals surface area contributed by atoms with Crippen LogP contribution in [0.3, 0.4) is 0 Å². The van der Waals surface area contributed by atoms with Crippen LogP contribution in [0.15, 0.2) is 30.6 Å². The Morgan fingerprint density at radius 2 is 1.95 bits per heavy atom. The third-order valence-corrected chi connectivity index (χ3v) is 3.74. The molecule has 0 bridgehead atoms. The quantitative estimate of drug-likeness (QED) is 0.889. The summed E-state index contributed by atoms with van der Waals surface area (Å²) in [4.78, 5) is 16.7. The first-order valence-electron chi connectivity index (χ1n) is 7.19. The molecule has 0 fully saturated rings. The van der Waals surface area contributed by atoms with E-state index in [1.54, 1.807) is 6.20 Å². The van der Waals surface area contributed by atoms with Gasteiger partial charge in [-0.1, -0.05) is 6.07 Å². The molecule has 2 N–H and O–H groups in total. The summed E-state index contributed by atoms with van der Waals surface area (Å²) in [7, 11) is 0. The average Bonchev–Trinajstić information content (AvgIpc) is 2.45. The van der Waals surface area contributed by atoms with E-state index in [1.807, 2.05) is 32.2 Å². The number of anilines is 1. The van der Waals surface area contributed by atoms with E-state index in [2.05, 4.69) is 21.7 Å². The minimum Gasteiger partial charge on any atom is -0.322 e. The van der Waals surface area contributed by atoms with E-state index in [9.17, 15) is 4.79 Å². The highest BCUT2D eigenvalue weighted by atomic mass is 16.1. The normalized spacial score (nSPS) is 13.6. The molecule has 21 heavy (non-hydrogen) atoms. The molecule has 4 heteroatoms. The fourth-order valence-electron chi connectivity index (χ4n) is 2.86. The van der Waals surface area contributed by atoms with Gasteiger partial charge in [0.2, 0.25) is 0 Å². The van der Waals surface area contributed by atoms with Crippen LogP contribution in [0.25, 0.3) is 0 Å². The Morgan fingerprint density at radius 3 is 2.71 bits per heavy atom. The second-order valence-corrected chi connectivity index (χ2v) is 5.58. The van der Waals surface area contributed by atoms with Crippen molar-refractivity contribution in [3.8, 4) is 0 Å². The van der Waals surface area contributed by atoms with Crippen LogP contribution >= 0.6 is 0 Å². The zero-order valence-corrected chi connectivity index (χ0v) is 12.4. The maximum absolute atomic E-state index is 12.5. The van der Waals surface area contributed by atoms with Crippen LogP contribution in [0.1, 0.15) is 32.6 Å². The summed E-state index contributed by atoms with van der Waals surface area (Å²) in [6.07, 6.45) is 4.38. The summed E-state index contributed by atoms with van der Waals surface area (Å²) in [5.41, 5.74) is 6.04. The zero-order chi connectivity index (χ0) is 14.8. The lowest BCUT2D eigenvalue weighted by Crippen LogP contribution is -2.27. The number of carbonyl (C=O) groups excluding carboxylic acids is 1. The maximum Gasteiger partial charge on any atom is 0.257 e. The highest BCUT2D eigenvalue weighted by Crippen LogP contribution is 2.20. The number of carbonyl (C=O) groups is 1. The van der Waals surface area contributed by atoms with Gasteiger partial charge < -0.3 is 10.6 Å². The van der Waals surface area contributed by atoms with Crippen molar-refractivity contribution < 1.29 is 4.79 Å². The molecule has 0 spiro atoms. The maximum atomic E-state index is 12.5. The molecule has 2 heterocycles. The van der Waals surface area contributed by atoms with Crippen LogP contribution in [-0.4, -0.2) is 17.4 Å². The monoisotopic (exact) mass is 281 g/mol. The Hall–Kier alpha value is -2.20. The van der Waals surface area contributed by atoms with Crippen molar-refractivity contribution >= 4 is 11.6 Å². The summed E-state index contributed by atoms with van der Waals surface area (Å²) in [5.74, 6) is -0.0775. The lowest BCUT2D eigenvalue weighted by Gasteiger charge is -2.19. The SMILES string of the molecule is Cc1cc(C)cc(NC(=O)c2cncc3c2CCNC3)c1. The fraction of sp³-hybridized carbons (Fsp3) is 0.294. The van der Waals surface area contributed by atoms with Gasteiger partial charge in [0, 0.05) is 24.6 Å². The number of amides is 1. The topological polar surface area (TPSA) is 54.0 Å². The molecule has 4 nitrogen and oxygen atoms in total. The lowest BCUT2D eigenvalue weighted by molar-refractivity contribution is 0.102. The molecule has 108 valence electrons. The molecule has 0 atom stereocenters. The number of nitrogens with zero attached hydrogens (tertiary/aromatic N) is 1. The van der Waals surface area contributed by atoms with E-state index in [-0.39, 0.29) is 5.91 Å². The van der Waals surface area contributed by atoms with Crippen LogP contribution in [0.4, 0.5) is 5.69 Å². The number of hydrogen-bond donors (Lipinski definition) is 2. The van der Waals surface area contributed by atoms with Gasteiger partial charge in [0.15, 0.2) is 0 Å². The van der Waals surface area contributed by atoms with Crippen molar-refractivity contribution in [2.24, 2.45) is 0 Å². The summed E-state index contributed by atoms with van der Waals surface area (Å²) < 4.78 is 0. The largest absolute Gasteiger partial charge is 0.322 e. The molecule has 1 aromatic carbocycles. The molecule has 0 radical (unpaired) electrons. The number of aromatic nitrogens is 1. The summed E-state index contributed by atoms with van der Waals surface area (Å²) in [5, 5.41) is 6.29. The van der Waals surface area contributed by atoms with E-state index >= 15 is 0 Å². The molecule has 1 aliphatic heterocycles. The molecular formula is C17H19N3O. The van der Waals surface area contributed by atoms with Gasteiger partial charge in [-0.05, 0) is 61.2 Å². The van der Waals surface area contributed by atoms with E-state index in [0.29, 0.717) is 5.56 Å². The first kappa shape index (κ1) is 13.8. The minimum atomic E-state index is -0.0775. The first-order chi connectivity index (χ1) is 10.1. The summed E-state index contributed by atoms with van der Waals surface area (Å²) in [6, 6.07) is 6.05. The molecule has 0 aliphatic carbocycles. The highest BCUT2D eigenvalue weighted by molar-refractivity contribution is 6.05. The van der Waals surface area contributed by atoms with Crippen molar-refractivity contribution in [3.63, 3.8) is 0 Å².